The minimum Gasteiger partial charge on any atom is -0.463 e. The lowest BCUT2D eigenvalue weighted by Crippen LogP contribution is -2.70. The number of rotatable bonds is 42. The van der Waals surface area contributed by atoms with Crippen molar-refractivity contribution in [3.05, 3.63) is 0 Å². The molecule has 0 spiro atoms. The highest BCUT2D eigenvalue weighted by atomic mass is 16.8. The molecule has 2 aliphatic rings. The van der Waals surface area contributed by atoms with Crippen LogP contribution in [0.15, 0.2) is 0 Å². The fraction of sp³-hybridized carbons (Fsp3) is 0.855. The van der Waals surface area contributed by atoms with Gasteiger partial charge in [0.2, 0.25) is 0 Å². The van der Waals surface area contributed by atoms with Crippen molar-refractivity contribution in [1.82, 2.24) is 0 Å². The SMILES string of the molecule is CCCCCCCCC(C)CCCCCCCC(=O)OC[C@H]1O[C@H](OC2[C@@H](OC(C)=O)[C@H](OC(C)=O)C(OC(C)=O)[C@H](OC(C)=O)[C@H]2OC(C)=O)[C@@H](OC(C)=O)[C@@H](OC(C)=O)[C@@H]1OC(=O)CCCCCCCCCC(C)CCCCCC. The zero-order chi connectivity index (χ0) is 61.0. The fourth-order valence-electron chi connectivity index (χ4n) is 10.8. The van der Waals surface area contributed by atoms with Gasteiger partial charge in [0.1, 0.15) is 18.8 Å². The summed E-state index contributed by atoms with van der Waals surface area (Å²) in [5.41, 5.74) is 0. The third-order valence-corrected chi connectivity index (χ3v) is 14.9. The van der Waals surface area contributed by atoms with Crippen LogP contribution in [-0.4, -0.2) is 128 Å². The summed E-state index contributed by atoms with van der Waals surface area (Å²) in [6, 6.07) is 0. The van der Waals surface area contributed by atoms with Crippen LogP contribution < -0.4 is 0 Å². The van der Waals surface area contributed by atoms with Gasteiger partial charge in [-0.1, -0.05) is 182 Å². The monoisotopic (exact) mass is 1170 g/mol. The number of carbonyl (C=O) groups excluding carboxylic acids is 9. The molecule has 13 atom stereocenters. The molecule has 0 bridgehead atoms. The van der Waals surface area contributed by atoms with E-state index < -0.39 is 128 Å². The van der Waals surface area contributed by atoms with Crippen molar-refractivity contribution in [3.8, 4) is 0 Å². The van der Waals surface area contributed by atoms with E-state index in [-0.39, 0.29) is 12.8 Å². The van der Waals surface area contributed by atoms with E-state index >= 15 is 0 Å². The summed E-state index contributed by atoms with van der Waals surface area (Å²) in [6.45, 7) is 15.6. The Morgan fingerprint density at radius 2 is 0.610 bits per heavy atom. The molecule has 2 rings (SSSR count). The van der Waals surface area contributed by atoms with E-state index in [1.54, 1.807) is 0 Å². The van der Waals surface area contributed by atoms with Gasteiger partial charge in [-0.05, 0) is 24.7 Å². The molecule has 0 aromatic carbocycles. The Morgan fingerprint density at radius 3 is 0.963 bits per heavy atom. The summed E-state index contributed by atoms with van der Waals surface area (Å²) in [7, 11) is 0. The van der Waals surface area contributed by atoms with Crippen LogP contribution in [-0.2, 0) is 95.3 Å². The Kier molecular flexibility index (Phi) is 37.5. The average molecular weight is 1170 g/mol. The first-order chi connectivity index (χ1) is 39.1. The van der Waals surface area contributed by atoms with Crippen molar-refractivity contribution >= 4 is 53.7 Å². The highest BCUT2D eigenvalue weighted by Gasteiger charge is 2.62. The Hall–Kier alpha value is -4.85. The normalized spacial score (nSPS) is 24.0. The van der Waals surface area contributed by atoms with Crippen molar-refractivity contribution in [3.63, 3.8) is 0 Å². The summed E-state index contributed by atoms with van der Waals surface area (Å²) in [5, 5.41) is 0. The summed E-state index contributed by atoms with van der Waals surface area (Å²) in [5.74, 6) is -6.74. The number of hydrogen-bond donors (Lipinski definition) is 0. The Balaban J connectivity index is 2.46. The molecule has 0 radical (unpaired) electrons. The van der Waals surface area contributed by atoms with Gasteiger partial charge < -0.3 is 52.1 Å². The molecule has 1 saturated carbocycles. The Bertz CT molecular complexity index is 1860. The second-order valence-electron chi connectivity index (χ2n) is 22.7. The van der Waals surface area contributed by atoms with Crippen molar-refractivity contribution in [2.45, 2.75) is 323 Å². The Labute approximate surface area is 489 Å². The molecule has 0 amide bonds. The van der Waals surface area contributed by atoms with Crippen LogP contribution >= 0.6 is 0 Å². The molecule has 4 unspecified atom stereocenters. The summed E-state index contributed by atoms with van der Waals surface area (Å²) in [4.78, 5) is 117. The van der Waals surface area contributed by atoms with E-state index in [9.17, 15) is 43.2 Å². The largest absolute Gasteiger partial charge is 0.463 e. The summed E-state index contributed by atoms with van der Waals surface area (Å²) >= 11 is 0. The van der Waals surface area contributed by atoms with E-state index in [0.29, 0.717) is 18.8 Å². The second kappa shape index (κ2) is 42.0. The van der Waals surface area contributed by atoms with Gasteiger partial charge >= 0.3 is 53.7 Å². The van der Waals surface area contributed by atoms with E-state index in [2.05, 4.69) is 27.7 Å². The lowest BCUT2D eigenvalue weighted by Gasteiger charge is -2.50. The van der Waals surface area contributed by atoms with Crippen molar-refractivity contribution in [2.75, 3.05) is 6.61 Å². The van der Waals surface area contributed by atoms with E-state index in [1.807, 2.05) is 0 Å². The van der Waals surface area contributed by atoms with Crippen LogP contribution in [0.25, 0.3) is 0 Å². The van der Waals surface area contributed by atoms with Crippen LogP contribution in [0.2, 0.25) is 0 Å². The van der Waals surface area contributed by atoms with Crippen LogP contribution in [0.1, 0.15) is 256 Å². The quantitative estimate of drug-likeness (QED) is 0.0313. The van der Waals surface area contributed by atoms with Crippen LogP contribution in [0.5, 0.6) is 0 Å². The molecule has 2 fully saturated rings. The lowest BCUT2D eigenvalue weighted by molar-refractivity contribution is -0.343. The van der Waals surface area contributed by atoms with Crippen LogP contribution in [0.3, 0.4) is 0 Å². The molecular weight excluding hydrogens is 1060 g/mol. The maximum absolute atomic E-state index is 13.8. The van der Waals surface area contributed by atoms with Crippen molar-refractivity contribution in [1.29, 1.82) is 0 Å². The highest BCUT2D eigenvalue weighted by molar-refractivity contribution is 5.72. The molecule has 20 heteroatoms. The van der Waals surface area contributed by atoms with Crippen molar-refractivity contribution < 1.29 is 95.3 Å². The number of ether oxygens (including phenoxy) is 11. The summed E-state index contributed by atoms with van der Waals surface area (Å²) in [6.07, 6.45) is 8.81. The second-order valence-corrected chi connectivity index (χ2v) is 22.7. The first-order valence-corrected chi connectivity index (χ1v) is 30.9. The van der Waals surface area contributed by atoms with Gasteiger partial charge in [-0.2, -0.15) is 0 Å². The molecule has 472 valence electrons. The molecule has 1 saturated heterocycles. The van der Waals surface area contributed by atoms with Gasteiger partial charge in [0.25, 0.3) is 0 Å². The molecule has 1 aliphatic heterocycles. The number of hydrogen-bond acceptors (Lipinski definition) is 20. The molecule has 82 heavy (non-hydrogen) atoms. The topological polar surface area (TPSA) is 255 Å². The van der Waals surface area contributed by atoms with Crippen molar-refractivity contribution in [2.24, 2.45) is 11.8 Å². The number of esters is 9. The van der Waals surface area contributed by atoms with E-state index in [4.69, 9.17) is 52.1 Å². The number of carbonyl (C=O) groups is 9. The number of unbranched alkanes of at least 4 members (excludes halogenated alkanes) is 18. The van der Waals surface area contributed by atoms with Crippen LogP contribution in [0.4, 0.5) is 0 Å². The van der Waals surface area contributed by atoms with Gasteiger partial charge in [-0.25, -0.2) is 0 Å². The maximum atomic E-state index is 13.8. The minimum atomic E-state index is -1.98. The maximum Gasteiger partial charge on any atom is 0.306 e. The van der Waals surface area contributed by atoms with Crippen LogP contribution in [0, 0.1) is 11.8 Å². The third kappa shape index (κ3) is 30.6. The van der Waals surface area contributed by atoms with E-state index in [0.717, 1.165) is 119 Å². The predicted octanol–water partition coefficient (Wildman–Crippen LogP) is 11.3. The summed E-state index contributed by atoms with van der Waals surface area (Å²) < 4.78 is 64.4. The van der Waals surface area contributed by atoms with Gasteiger partial charge in [-0.15, -0.1) is 0 Å². The zero-order valence-electron chi connectivity index (χ0n) is 51.7. The standard InChI is InChI=1S/C62H104O20/c1-12-14-16-18-23-29-35-42(4)37-31-25-22-27-32-38-51(70)72-40-50-53(81-52(71)39-33-26-21-19-20-24-30-36-41(3)34-28-17-15-13-2)54(73-43(5)63)61(79-49(11)69)62(80-50)82-60-58(77-47(9)67)56(75-45(7)65)55(74-44(6)64)57(76-46(8)66)59(60)78-48(10)68/h41-42,50,53-62H,12-40H2,1-11H3/t41?,42?,50-,53-,54+,55?,56-,57+,58+,59-,60?,61+,62-/m1/s1. The first-order valence-electron chi connectivity index (χ1n) is 30.9. The lowest BCUT2D eigenvalue weighted by atomic mass is 9.83. The van der Waals surface area contributed by atoms with Gasteiger partial charge in [-0.3, -0.25) is 43.2 Å². The van der Waals surface area contributed by atoms with Gasteiger partial charge in [0.15, 0.2) is 55.1 Å². The smallest absolute Gasteiger partial charge is 0.306 e. The molecule has 1 aliphatic carbocycles. The molecule has 0 aromatic rings. The first kappa shape index (κ1) is 73.3. The minimum absolute atomic E-state index is 0.0437. The molecule has 0 aromatic heterocycles. The average Bonchev–Trinajstić information content (AvgIpc) is 3.44. The van der Waals surface area contributed by atoms with E-state index in [1.165, 1.54) is 89.9 Å². The third-order valence-electron chi connectivity index (χ3n) is 14.9. The molecule has 20 nitrogen and oxygen atoms in total. The zero-order valence-corrected chi connectivity index (χ0v) is 51.7. The molecule has 0 N–H and O–H groups in total. The molecule has 1 heterocycles. The predicted molar refractivity (Wildman–Crippen MR) is 302 cm³/mol. The Morgan fingerprint density at radius 1 is 0.329 bits per heavy atom. The highest BCUT2D eigenvalue weighted by Crippen LogP contribution is 2.38. The van der Waals surface area contributed by atoms with Gasteiger partial charge in [0, 0.05) is 61.3 Å². The van der Waals surface area contributed by atoms with Gasteiger partial charge in [0.05, 0.1) is 0 Å². The molecular formula is C62H104O20. The fourth-order valence-corrected chi connectivity index (χ4v) is 10.8.